The zero-order chi connectivity index (χ0) is 17.1. The molecule has 3 rings (SSSR count). The predicted octanol–water partition coefficient (Wildman–Crippen LogP) is 3.38. The molecule has 6 nitrogen and oxygen atoms in total. The van der Waals surface area contributed by atoms with Gasteiger partial charge in [0, 0.05) is 11.8 Å². The van der Waals surface area contributed by atoms with Crippen LogP contribution in [0.1, 0.15) is 34.3 Å². The fourth-order valence-electron chi connectivity index (χ4n) is 2.43. The van der Waals surface area contributed by atoms with Gasteiger partial charge in [0.25, 0.3) is 0 Å². The molecule has 2 aromatic heterocycles. The van der Waals surface area contributed by atoms with Gasteiger partial charge in [0.05, 0.1) is 24.9 Å². The van der Waals surface area contributed by atoms with Gasteiger partial charge in [-0.05, 0) is 32.4 Å². The van der Waals surface area contributed by atoms with Crippen molar-refractivity contribution in [3.63, 3.8) is 0 Å². The first-order valence-electron chi connectivity index (χ1n) is 7.80. The van der Waals surface area contributed by atoms with E-state index in [-0.39, 0.29) is 5.97 Å². The lowest BCUT2D eigenvalue weighted by Crippen LogP contribution is -2.04. The Morgan fingerprint density at radius 2 is 2.08 bits per heavy atom. The average molecular weight is 325 g/mol. The molecule has 0 spiro atoms. The second-order valence-electron chi connectivity index (χ2n) is 5.48. The third-order valence-corrected chi connectivity index (χ3v) is 3.72. The van der Waals surface area contributed by atoms with Crippen LogP contribution in [0.4, 0.5) is 0 Å². The molecule has 2 heterocycles. The topological polar surface area (TPSA) is 70.2 Å². The van der Waals surface area contributed by atoms with Crippen LogP contribution in [0.25, 0.3) is 11.5 Å². The lowest BCUT2D eigenvalue weighted by atomic mass is 10.1. The highest BCUT2D eigenvalue weighted by Crippen LogP contribution is 2.25. The fraction of sp³-hybridized carbons (Fsp3) is 0.278. The number of ether oxygens (including phenoxy) is 1. The van der Waals surface area contributed by atoms with Crippen LogP contribution in [0.5, 0.6) is 0 Å². The number of aryl methyl sites for hydroxylation is 2. The summed E-state index contributed by atoms with van der Waals surface area (Å²) in [6.45, 7) is 6.44. The number of benzene rings is 1. The smallest absolute Gasteiger partial charge is 0.341 e. The molecule has 0 radical (unpaired) electrons. The molecule has 0 aliphatic heterocycles. The molecule has 3 aromatic rings. The Labute approximate surface area is 140 Å². The zero-order valence-corrected chi connectivity index (χ0v) is 13.9. The van der Waals surface area contributed by atoms with E-state index in [1.54, 1.807) is 17.8 Å². The van der Waals surface area contributed by atoms with Gasteiger partial charge in [-0.25, -0.2) is 9.78 Å². The number of oxazole rings is 1. The van der Waals surface area contributed by atoms with Gasteiger partial charge in [0.2, 0.25) is 5.89 Å². The van der Waals surface area contributed by atoms with E-state index in [2.05, 4.69) is 10.1 Å². The van der Waals surface area contributed by atoms with Gasteiger partial charge in [-0.2, -0.15) is 5.10 Å². The number of carbonyl (C=O) groups excluding carboxylic acids is 1. The molecular weight excluding hydrogens is 306 g/mol. The van der Waals surface area contributed by atoms with Crippen LogP contribution in [0, 0.1) is 13.8 Å². The van der Waals surface area contributed by atoms with E-state index < -0.39 is 0 Å². The van der Waals surface area contributed by atoms with E-state index in [4.69, 9.17) is 9.15 Å². The lowest BCUT2D eigenvalue weighted by molar-refractivity contribution is 0.0526. The van der Waals surface area contributed by atoms with Crippen LogP contribution in [-0.4, -0.2) is 27.3 Å². The number of hydrogen-bond donors (Lipinski definition) is 0. The number of aromatic nitrogens is 3. The Bertz CT molecular complexity index is 864. The van der Waals surface area contributed by atoms with Gasteiger partial charge < -0.3 is 9.15 Å². The second-order valence-corrected chi connectivity index (χ2v) is 5.48. The van der Waals surface area contributed by atoms with Crippen LogP contribution < -0.4 is 0 Å². The second kappa shape index (κ2) is 6.70. The van der Waals surface area contributed by atoms with Gasteiger partial charge in [0.1, 0.15) is 11.5 Å². The predicted molar refractivity (Wildman–Crippen MR) is 88.7 cm³/mol. The molecule has 1 aromatic carbocycles. The third-order valence-electron chi connectivity index (χ3n) is 3.72. The highest BCUT2D eigenvalue weighted by molar-refractivity contribution is 5.88. The SMILES string of the molecule is CCOC(=O)c1cnn(Cc2nc(-c3ccccc3C)oc2C)c1. The summed E-state index contributed by atoms with van der Waals surface area (Å²) in [5, 5.41) is 4.19. The maximum absolute atomic E-state index is 11.7. The monoisotopic (exact) mass is 325 g/mol. The highest BCUT2D eigenvalue weighted by atomic mass is 16.5. The van der Waals surface area contributed by atoms with Crippen molar-refractivity contribution in [2.45, 2.75) is 27.3 Å². The van der Waals surface area contributed by atoms with E-state index in [0.717, 1.165) is 22.6 Å². The molecule has 0 atom stereocenters. The van der Waals surface area contributed by atoms with E-state index in [0.29, 0.717) is 24.6 Å². The molecule has 0 N–H and O–H groups in total. The minimum absolute atomic E-state index is 0.339. The molecule has 24 heavy (non-hydrogen) atoms. The Hall–Kier alpha value is -2.89. The van der Waals surface area contributed by atoms with Crippen LogP contribution in [0.3, 0.4) is 0 Å². The molecule has 0 unspecified atom stereocenters. The summed E-state index contributed by atoms with van der Waals surface area (Å²) >= 11 is 0. The number of nitrogens with zero attached hydrogens (tertiary/aromatic N) is 3. The molecule has 124 valence electrons. The molecular formula is C18H19N3O3. The number of esters is 1. The van der Waals surface area contributed by atoms with E-state index >= 15 is 0 Å². The van der Waals surface area contributed by atoms with Gasteiger partial charge in [0.15, 0.2) is 0 Å². The number of carbonyl (C=O) groups is 1. The fourth-order valence-corrected chi connectivity index (χ4v) is 2.43. The molecule has 0 bridgehead atoms. The van der Waals surface area contributed by atoms with Crippen LogP contribution >= 0.6 is 0 Å². The Morgan fingerprint density at radius 3 is 2.83 bits per heavy atom. The summed E-state index contributed by atoms with van der Waals surface area (Å²) < 4.78 is 12.4. The first-order chi connectivity index (χ1) is 11.6. The summed E-state index contributed by atoms with van der Waals surface area (Å²) in [7, 11) is 0. The first kappa shape index (κ1) is 16.0. The minimum atomic E-state index is -0.374. The first-order valence-corrected chi connectivity index (χ1v) is 7.80. The van der Waals surface area contributed by atoms with E-state index in [1.165, 1.54) is 6.20 Å². The van der Waals surface area contributed by atoms with Gasteiger partial charge in [-0.1, -0.05) is 18.2 Å². The van der Waals surface area contributed by atoms with E-state index in [1.807, 2.05) is 38.1 Å². The van der Waals surface area contributed by atoms with Crippen molar-refractivity contribution >= 4 is 5.97 Å². The summed E-state index contributed by atoms with van der Waals surface area (Å²) in [4.78, 5) is 16.3. The summed E-state index contributed by atoms with van der Waals surface area (Å²) in [6.07, 6.45) is 3.15. The zero-order valence-electron chi connectivity index (χ0n) is 13.9. The van der Waals surface area contributed by atoms with Crippen molar-refractivity contribution in [1.82, 2.24) is 14.8 Å². The summed E-state index contributed by atoms with van der Waals surface area (Å²) in [5.41, 5.74) is 3.29. The number of hydrogen-bond acceptors (Lipinski definition) is 5. The van der Waals surface area contributed by atoms with Crippen molar-refractivity contribution in [1.29, 1.82) is 0 Å². The summed E-state index contributed by atoms with van der Waals surface area (Å²) in [5.74, 6) is 0.959. The van der Waals surface area contributed by atoms with Crippen molar-refractivity contribution in [3.05, 3.63) is 59.2 Å². The number of rotatable bonds is 5. The molecule has 6 heteroatoms. The average Bonchev–Trinajstić information content (AvgIpc) is 3.16. The Balaban J connectivity index is 1.82. The van der Waals surface area contributed by atoms with Gasteiger partial charge in [-0.3, -0.25) is 4.68 Å². The van der Waals surface area contributed by atoms with E-state index in [9.17, 15) is 4.79 Å². The van der Waals surface area contributed by atoms with Crippen molar-refractivity contribution in [3.8, 4) is 11.5 Å². The quantitative estimate of drug-likeness (QED) is 0.673. The Kier molecular flexibility index (Phi) is 4.46. The largest absolute Gasteiger partial charge is 0.462 e. The summed E-state index contributed by atoms with van der Waals surface area (Å²) in [6, 6.07) is 7.95. The maximum atomic E-state index is 11.7. The standard InChI is InChI=1S/C18H19N3O3/c1-4-23-18(22)14-9-19-21(10-14)11-16-13(3)24-17(20-16)15-8-6-5-7-12(15)2/h5-10H,4,11H2,1-3H3. The van der Waals surface area contributed by atoms with Crippen molar-refractivity contribution < 1.29 is 13.9 Å². The highest BCUT2D eigenvalue weighted by Gasteiger charge is 2.15. The maximum Gasteiger partial charge on any atom is 0.341 e. The van der Waals surface area contributed by atoms with Crippen molar-refractivity contribution in [2.75, 3.05) is 6.61 Å². The molecule has 0 saturated heterocycles. The van der Waals surface area contributed by atoms with Crippen LogP contribution in [0.2, 0.25) is 0 Å². The Morgan fingerprint density at radius 1 is 1.29 bits per heavy atom. The molecule has 0 aliphatic rings. The normalized spacial score (nSPS) is 10.8. The lowest BCUT2D eigenvalue weighted by Gasteiger charge is -1.99. The molecule has 0 aliphatic carbocycles. The van der Waals surface area contributed by atoms with Crippen molar-refractivity contribution in [2.24, 2.45) is 0 Å². The van der Waals surface area contributed by atoms with Crippen LogP contribution in [-0.2, 0) is 11.3 Å². The molecule has 0 amide bonds. The van der Waals surface area contributed by atoms with Gasteiger partial charge in [-0.15, -0.1) is 0 Å². The third kappa shape index (κ3) is 3.22. The van der Waals surface area contributed by atoms with Crippen LogP contribution in [0.15, 0.2) is 41.1 Å². The van der Waals surface area contributed by atoms with Gasteiger partial charge >= 0.3 is 5.97 Å². The minimum Gasteiger partial charge on any atom is -0.462 e. The molecule has 0 saturated carbocycles. The molecule has 0 fully saturated rings.